The summed E-state index contributed by atoms with van der Waals surface area (Å²) in [7, 11) is -3.09. The van der Waals surface area contributed by atoms with Crippen LogP contribution in [0.3, 0.4) is 0 Å². The average molecular weight is 741 g/mol. The maximum absolute atomic E-state index is 11.4. The number of hydrogen-bond donors (Lipinski definition) is 1. The van der Waals surface area contributed by atoms with E-state index < -0.39 is 8.25 Å². The first-order chi connectivity index (χ1) is 24.0. The Morgan fingerprint density at radius 1 is 0.612 bits per heavy atom. The Balaban J connectivity index is 1.59. The van der Waals surface area contributed by atoms with E-state index in [1.165, 1.54) is 85.3 Å². The van der Waals surface area contributed by atoms with Crippen molar-refractivity contribution in [2.45, 2.75) is 117 Å². The molecule has 3 aromatic heterocycles. The lowest BCUT2D eigenvalue weighted by atomic mass is 10.1. The summed E-state index contributed by atoms with van der Waals surface area (Å²) in [6, 6.07) is 16.6. The molecule has 0 aliphatic carbocycles. The van der Waals surface area contributed by atoms with Crippen LogP contribution in [0.25, 0.3) is 30.6 Å². The molecule has 0 amide bonds. The molecular formula is C40H53O5PS3. The minimum absolute atomic E-state index is 0.409. The number of ether oxygens (including phenoxy) is 2. The second kappa shape index (κ2) is 22.3. The van der Waals surface area contributed by atoms with Crippen molar-refractivity contribution in [2.75, 3.05) is 13.2 Å². The molecule has 0 aliphatic heterocycles. The highest BCUT2D eigenvalue weighted by Crippen LogP contribution is 2.47. The fraction of sp³-hybridized carbons (Fsp3) is 0.500. The molecule has 5 nitrogen and oxygen atoms in total. The molecule has 0 radical (unpaired) electrons. The van der Waals surface area contributed by atoms with E-state index in [1.54, 1.807) is 28.7 Å². The van der Waals surface area contributed by atoms with Crippen LogP contribution >= 0.6 is 42.3 Å². The van der Waals surface area contributed by atoms with E-state index in [1.807, 2.05) is 6.07 Å². The van der Waals surface area contributed by atoms with Crippen LogP contribution in [0.2, 0.25) is 0 Å². The third-order valence-corrected chi connectivity index (χ3v) is 12.1. The van der Waals surface area contributed by atoms with E-state index >= 15 is 0 Å². The summed E-state index contributed by atoms with van der Waals surface area (Å²) in [6.07, 6.45) is 17.7. The van der Waals surface area contributed by atoms with Gasteiger partial charge in [-0.15, -0.1) is 22.7 Å². The summed E-state index contributed by atoms with van der Waals surface area (Å²) in [5.41, 5.74) is 1.92. The third-order valence-electron chi connectivity index (χ3n) is 8.21. The van der Waals surface area contributed by atoms with Gasteiger partial charge in [0, 0.05) is 37.1 Å². The molecule has 1 atom stereocenters. The predicted molar refractivity (Wildman–Crippen MR) is 212 cm³/mol. The predicted octanol–water partition coefficient (Wildman–Crippen LogP) is 13.7. The van der Waals surface area contributed by atoms with Crippen LogP contribution in [0.4, 0.5) is 0 Å². The number of benzene rings is 1. The Morgan fingerprint density at radius 2 is 1.12 bits per heavy atom. The van der Waals surface area contributed by atoms with Crippen molar-refractivity contribution in [1.82, 2.24) is 0 Å². The van der Waals surface area contributed by atoms with Gasteiger partial charge >= 0.3 is 8.25 Å². The van der Waals surface area contributed by atoms with E-state index in [9.17, 15) is 9.46 Å². The Hall–Kier alpha value is -2.53. The molecule has 0 fully saturated rings. The van der Waals surface area contributed by atoms with Crippen LogP contribution in [-0.4, -0.2) is 18.1 Å². The zero-order valence-electron chi connectivity index (χ0n) is 29.4. The van der Waals surface area contributed by atoms with Crippen LogP contribution in [0.5, 0.6) is 16.6 Å². The van der Waals surface area contributed by atoms with Gasteiger partial charge in [-0.2, -0.15) is 0 Å². The molecule has 0 saturated carbocycles. The lowest BCUT2D eigenvalue weighted by Crippen LogP contribution is -2.02. The molecule has 9 heteroatoms. The first kappa shape index (κ1) is 39.3. The van der Waals surface area contributed by atoms with Gasteiger partial charge < -0.3 is 18.9 Å². The number of thiophene rings is 3. The molecule has 1 aromatic carbocycles. The summed E-state index contributed by atoms with van der Waals surface area (Å²) in [5, 5.41) is 0.409. The summed E-state index contributed by atoms with van der Waals surface area (Å²) in [4.78, 5) is 14.9. The molecule has 0 spiro atoms. The number of rotatable bonds is 23. The van der Waals surface area contributed by atoms with E-state index in [4.69, 9.17) is 14.0 Å². The fourth-order valence-corrected chi connectivity index (χ4v) is 8.88. The van der Waals surface area contributed by atoms with Gasteiger partial charge in [0.15, 0.2) is 5.06 Å². The minimum atomic E-state index is -3.09. The summed E-state index contributed by atoms with van der Waals surface area (Å²) in [5.74, 6) is 8.38. The quantitative estimate of drug-likeness (QED) is 0.0466. The first-order valence-corrected chi connectivity index (χ1v) is 21.9. The molecule has 4 rings (SSSR count). The molecule has 0 aliphatic rings. The van der Waals surface area contributed by atoms with Crippen molar-refractivity contribution in [3.05, 3.63) is 53.4 Å². The summed E-state index contributed by atoms with van der Waals surface area (Å²) < 4.78 is 29.5. The molecule has 266 valence electrons. The highest BCUT2D eigenvalue weighted by atomic mass is 32.1. The van der Waals surface area contributed by atoms with Gasteiger partial charge in [0.05, 0.1) is 18.1 Å². The highest BCUT2D eigenvalue weighted by molar-refractivity contribution is 7.33. The molecule has 1 unspecified atom stereocenters. The SMILES string of the molecule is CCCCCCCCC#Cc1ccc(-c2ccc(-c3cc(OCCCCCC)c(-c4ccc(O[PH](=O)O)s4)cc3OCCCCCC)s2)s1. The minimum Gasteiger partial charge on any atom is -0.493 e. The van der Waals surface area contributed by atoms with Crippen molar-refractivity contribution < 1.29 is 23.5 Å². The zero-order chi connectivity index (χ0) is 34.7. The Morgan fingerprint density at radius 3 is 1.76 bits per heavy atom. The average Bonchev–Trinajstić information content (AvgIpc) is 3.87. The van der Waals surface area contributed by atoms with E-state index in [2.05, 4.69) is 69.0 Å². The molecule has 0 saturated heterocycles. The van der Waals surface area contributed by atoms with Crippen molar-refractivity contribution >= 4 is 42.3 Å². The van der Waals surface area contributed by atoms with Crippen molar-refractivity contribution in [2.24, 2.45) is 0 Å². The van der Waals surface area contributed by atoms with Crippen LogP contribution in [0, 0.1) is 11.8 Å². The van der Waals surface area contributed by atoms with Gasteiger partial charge in [-0.3, -0.25) is 0 Å². The van der Waals surface area contributed by atoms with Gasteiger partial charge in [-0.1, -0.05) is 115 Å². The van der Waals surface area contributed by atoms with Crippen LogP contribution in [-0.2, 0) is 4.57 Å². The lowest BCUT2D eigenvalue weighted by Gasteiger charge is -2.17. The van der Waals surface area contributed by atoms with E-state index in [-0.39, 0.29) is 0 Å². The second-order valence-electron chi connectivity index (χ2n) is 12.3. The molecule has 3 heterocycles. The van der Waals surface area contributed by atoms with Gasteiger partial charge in [-0.05, 0) is 67.8 Å². The first-order valence-electron chi connectivity index (χ1n) is 18.2. The summed E-state index contributed by atoms with van der Waals surface area (Å²) >= 11 is 4.85. The Bertz CT molecular complexity index is 1630. The van der Waals surface area contributed by atoms with Crippen LogP contribution in [0.15, 0.2) is 48.5 Å². The molecule has 4 aromatic rings. The largest absolute Gasteiger partial charge is 0.493 e. The molecular weight excluding hydrogens is 688 g/mol. The monoisotopic (exact) mass is 740 g/mol. The fourth-order valence-electron chi connectivity index (χ4n) is 5.51. The van der Waals surface area contributed by atoms with Gasteiger partial charge in [0.25, 0.3) is 0 Å². The van der Waals surface area contributed by atoms with Gasteiger partial charge in [-0.25, -0.2) is 4.57 Å². The zero-order valence-corrected chi connectivity index (χ0v) is 32.9. The van der Waals surface area contributed by atoms with Crippen molar-refractivity contribution in [3.8, 4) is 59.0 Å². The highest BCUT2D eigenvalue weighted by Gasteiger charge is 2.19. The maximum atomic E-state index is 11.4. The van der Waals surface area contributed by atoms with E-state index in [0.29, 0.717) is 18.3 Å². The Kier molecular flexibility index (Phi) is 17.9. The smallest absolute Gasteiger partial charge is 0.365 e. The Labute approximate surface area is 307 Å². The molecule has 1 N–H and O–H groups in total. The van der Waals surface area contributed by atoms with Crippen molar-refractivity contribution in [1.29, 1.82) is 0 Å². The molecule has 0 bridgehead atoms. The number of hydrogen-bond acceptors (Lipinski definition) is 7. The van der Waals surface area contributed by atoms with Gasteiger partial charge in [0.2, 0.25) is 0 Å². The lowest BCUT2D eigenvalue weighted by molar-refractivity contribution is 0.299. The van der Waals surface area contributed by atoms with Gasteiger partial charge in [0.1, 0.15) is 11.5 Å². The maximum Gasteiger partial charge on any atom is 0.365 e. The van der Waals surface area contributed by atoms with Crippen molar-refractivity contribution in [3.63, 3.8) is 0 Å². The van der Waals surface area contributed by atoms with Crippen LogP contribution in [0.1, 0.15) is 122 Å². The summed E-state index contributed by atoms with van der Waals surface area (Å²) in [6.45, 7) is 7.94. The second-order valence-corrected chi connectivity index (χ2v) is 16.2. The third kappa shape index (κ3) is 13.3. The standard InChI is InChI=1S/C40H53O5PS3/c1-4-7-10-13-14-15-16-17-20-31-21-22-38(47-31)39-24-23-36(48-39)32-29-35(44-28-19-12-9-6-3)33(30-34(32)43-27-18-11-8-5-2)37-25-26-40(49-37)45-46(41)42/h21-26,29-30,46H,4-16,18-19,27-28H2,1-3H3,(H,41,42). The van der Waals surface area contributed by atoms with E-state index in [0.717, 1.165) is 69.4 Å². The normalized spacial score (nSPS) is 11.7. The van der Waals surface area contributed by atoms with Crippen LogP contribution < -0.4 is 14.0 Å². The topological polar surface area (TPSA) is 65.0 Å². The number of unbranched alkanes of at least 4 members (excludes halogenated alkanes) is 12. The molecule has 49 heavy (non-hydrogen) atoms.